The molecule has 1 aromatic heterocycles. The number of nitrogens with one attached hydrogen (secondary N) is 1. The first-order valence-electron chi connectivity index (χ1n) is 6.36. The summed E-state index contributed by atoms with van der Waals surface area (Å²) >= 11 is 0. The first-order chi connectivity index (χ1) is 10.6. The SMILES string of the molecule is Cn1ccc(/C=N/NC(=O)COc2ccccc2[N+](=O)[O-])c1. The minimum Gasteiger partial charge on any atom is -0.477 e. The molecule has 0 radical (unpaired) electrons. The molecular formula is C14H14N4O4. The van der Waals surface area contributed by atoms with Crippen molar-refractivity contribution in [1.82, 2.24) is 9.99 Å². The molecule has 8 nitrogen and oxygen atoms in total. The molecule has 2 aromatic rings. The van der Waals surface area contributed by atoms with Gasteiger partial charge in [-0.15, -0.1) is 0 Å². The molecule has 22 heavy (non-hydrogen) atoms. The van der Waals surface area contributed by atoms with E-state index in [4.69, 9.17) is 4.74 Å². The number of benzene rings is 1. The third-order valence-corrected chi connectivity index (χ3v) is 2.68. The van der Waals surface area contributed by atoms with Gasteiger partial charge in [0.05, 0.1) is 11.1 Å². The molecule has 0 aliphatic carbocycles. The number of ether oxygens (including phenoxy) is 1. The molecule has 114 valence electrons. The van der Waals surface area contributed by atoms with Crippen molar-refractivity contribution in [2.24, 2.45) is 12.1 Å². The normalized spacial score (nSPS) is 10.6. The lowest BCUT2D eigenvalue weighted by Gasteiger charge is -2.05. The van der Waals surface area contributed by atoms with Crippen molar-refractivity contribution in [2.75, 3.05) is 6.61 Å². The summed E-state index contributed by atoms with van der Waals surface area (Å²) in [6.45, 7) is -0.364. The molecule has 1 N–H and O–H groups in total. The second kappa shape index (κ2) is 7.02. The Balaban J connectivity index is 1.85. The number of nitro groups is 1. The van der Waals surface area contributed by atoms with Crippen molar-refractivity contribution in [1.29, 1.82) is 0 Å². The minimum atomic E-state index is -0.569. The van der Waals surface area contributed by atoms with Gasteiger partial charge in [0.2, 0.25) is 0 Å². The maximum atomic E-state index is 11.6. The summed E-state index contributed by atoms with van der Waals surface area (Å²) in [6, 6.07) is 7.68. The third-order valence-electron chi connectivity index (χ3n) is 2.68. The predicted molar refractivity (Wildman–Crippen MR) is 79.7 cm³/mol. The van der Waals surface area contributed by atoms with E-state index in [2.05, 4.69) is 10.5 Å². The number of hydrogen-bond donors (Lipinski definition) is 1. The van der Waals surface area contributed by atoms with Crippen LogP contribution in [0.5, 0.6) is 5.75 Å². The first-order valence-corrected chi connectivity index (χ1v) is 6.36. The van der Waals surface area contributed by atoms with Crippen LogP contribution >= 0.6 is 0 Å². The van der Waals surface area contributed by atoms with Crippen LogP contribution in [0.2, 0.25) is 0 Å². The van der Waals surface area contributed by atoms with E-state index in [0.717, 1.165) is 5.56 Å². The lowest BCUT2D eigenvalue weighted by atomic mass is 10.3. The molecule has 1 heterocycles. The average molecular weight is 302 g/mol. The fourth-order valence-electron chi connectivity index (χ4n) is 1.69. The zero-order valence-corrected chi connectivity index (χ0v) is 11.8. The predicted octanol–water partition coefficient (Wildman–Crippen LogP) is 1.46. The summed E-state index contributed by atoms with van der Waals surface area (Å²) in [5, 5.41) is 14.6. The molecule has 0 atom stereocenters. The summed E-state index contributed by atoms with van der Waals surface area (Å²) in [5.41, 5.74) is 2.93. The van der Waals surface area contributed by atoms with Gasteiger partial charge >= 0.3 is 5.69 Å². The topological polar surface area (TPSA) is 98.8 Å². The van der Waals surface area contributed by atoms with Gasteiger partial charge in [0, 0.05) is 31.1 Å². The monoisotopic (exact) mass is 302 g/mol. The number of aromatic nitrogens is 1. The number of amides is 1. The van der Waals surface area contributed by atoms with Crippen LogP contribution in [-0.2, 0) is 11.8 Å². The van der Waals surface area contributed by atoms with E-state index in [0.29, 0.717) is 0 Å². The maximum Gasteiger partial charge on any atom is 0.310 e. The van der Waals surface area contributed by atoms with E-state index in [1.807, 2.05) is 30.1 Å². The van der Waals surface area contributed by atoms with E-state index in [9.17, 15) is 14.9 Å². The standard InChI is InChI=1S/C14H14N4O4/c1-17-7-6-11(9-17)8-15-16-14(19)10-22-13-5-3-2-4-12(13)18(20)21/h2-9H,10H2,1H3,(H,16,19)/b15-8+. The van der Waals surface area contributed by atoms with Crippen molar-refractivity contribution >= 4 is 17.8 Å². The van der Waals surface area contributed by atoms with Crippen LogP contribution in [0.25, 0.3) is 0 Å². The zero-order chi connectivity index (χ0) is 15.9. The number of nitro benzene ring substituents is 1. The summed E-state index contributed by atoms with van der Waals surface area (Å²) in [5.74, 6) is -0.472. The van der Waals surface area contributed by atoms with Crippen LogP contribution in [-0.4, -0.2) is 28.2 Å². The lowest BCUT2D eigenvalue weighted by molar-refractivity contribution is -0.385. The highest BCUT2D eigenvalue weighted by Gasteiger charge is 2.14. The number of carbonyl (C=O) groups is 1. The summed E-state index contributed by atoms with van der Waals surface area (Å²) in [7, 11) is 1.87. The second-order valence-corrected chi connectivity index (χ2v) is 4.42. The van der Waals surface area contributed by atoms with E-state index in [1.165, 1.54) is 24.4 Å². The van der Waals surface area contributed by atoms with Crippen LogP contribution in [0.3, 0.4) is 0 Å². The van der Waals surface area contributed by atoms with Crippen molar-refractivity contribution in [3.05, 3.63) is 58.4 Å². The molecule has 0 bridgehead atoms. The van der Waals surface area contributed by atoms with Gasteiger partial charge in [-0.2, -0.15) is 5.10 Å². The quantitative estimate of drug-likeness (QED) is 0.496. The number of hydrogen-bond acceptors (Lipinski definition) is 5. The first kappa shape index (κ1) is 15.2. The Morgan fingerprint density at radius 3 is 2.91 bits per heavy atom. The Bertz CT molecular complexity index is 708. The van der Waals surface area contributed by atoms with E-state index < -0.39 is 10.8 Å². The molecule has 0 fully saturated rings. The molecule has 1 amide bonds. The molecular weight excluding hydrogens is 288 g/mol. The smallest absolute Gasteiger partial charge is 0.310 e. The number of carbonyl (C=O) groups excluding carboxylic acids is 1. The van der Waals surface area contributed by atoms with Crippen molar-refractivity contribution in [2.45, 2.75) is 0 Å². The highest BCUT2D eigenvalue weighted by molar-refractivity contribution is 5.82. The maximum absolute atomic E-state index is 11.6. The largest absolute Gasteiger partial charge is 0.477 e. The Kier molecular flexibility index (Phi) is 4.86. The van der Waals surface area contributed by atoms with Gasteiger partial charge in [0.25, 0.3) is 5.91 Å². The molecule has 0 unspecified atom stereocenters. The Morgan fingerprint density at radius 1 is 1.45 bits per heavy atom. The van der Waals surface area contributed by atoms with Crippen LogP contribution in [0.15, 0.2) is 47.8 Å². The molecule has 1 aromatic carbocycles. The molecule has 0 aliphatic rings. The molecule has 2 rings (SSSR count). The fraction of sp³-hybridized carbons (Fsp3) is 0.143. The minimum absolute atomic E-state index is 0.0367. The number of nitrogens with zero attached hydrogens (tertiary/aromatic N) is 3. The average Bonchev–Trinajstić information content (AvgIpc) is 2.91. The van der Waals surface area contributed by atoms with Gasteiger partial charge in [-0.25, -0.2) is 5.43 Å². The highest BCUT2D eigenvalue weighted by atomic mass is 16.6. The van der Waals surface area contributed by atoms with E-state index in [-0.39, 0.29) is 18.0 Å². The summed E-state index contributed by atoms with van der Waals surface area (Å²) in [6.07, 6.45) is 5.17. The van der Waals surface area contributed by atoms with Gasteiger partial charge in [0.1, 0.15) is 0 Å². The van der Waals surface area contributed by atoms with Gasteiger partial charge < -0.3 is 9.30 Å². The molecule has 0 saturated carbocycles. The Morgan fingerprint density at radius 2 is 2.23 bits per heavy atom. The molecule has 0 aliphatic heterocycles. The number of rotatable bonds is 6. The van der Waals surface area contributed by atoms with Gasteiger partial charge in [0.15, 0.2) is 12.4 Å². The second-order valence-electron chi connectivity index (χ2n) is 4.42. The van der Waals surface area contributed by atoms with Crippen LogP contribution < -0.4 is 10.2 Å². The van der Waals surface area contributed by atoms with E-state index >= 15 is 0 Å². The van der Waals surface area contributed by atoms with Crippen LogP contribution in [0, 0.1) is 10.1 Å². The lowest BCUT2D eigenvalue weighted by Crippen LogP contribution is -2.24. The van der Waals surface area contributed by atoms with Crippen LogP contribution in [0.1, 0.15) is 5.56 Å². The number of aryl methyl sites for hydroxylation is 1. The van der Waals surface area contributed by atoms with Crippen molar-refractivity contribution in [3.8, 4) is 5.75 Å². The summed E-state index contributed by atoms with van der Waals surface area (Å²) in [4.78, 5) is 21.8. The molecule has 0 saturated heterocycles. The van der Waals surface area contributed by atoms with E-state index in [1.54, 1.807) is 6.07 Å². The zero-order valence-electron chi connectivity index (χ0n) is 11.8. The van der Waals surface area contributed by atoms with Gasteiger partial charge in [-0.1, -0.05) is 12.1 Å². The van der Waals surface area contributed by atoms with Gasteiger partial charge in [-0.05, 0) is 12.1 Å². The molecule has 8 heteroatoms. The third kappa shape index (κ3) is 4.17. The fourth-order valence-corrected chi connectivity index (χ4v) is 1.69. The summed E-state index contributed by atoms with van der Waals surface area (Å²) < 4.78 is 6.98. The molecule has 0 spiro atoms. The number of hydrazone groups is 1. The Hall–Kier alpha value is -3.16. The van der Waals surface area contributed by atoms with Gasteiger partial charge in [-0.3, -0.25) is 14.9 Å². The van der Waals surface area contributed by atoms with Crippen molar-refractivity contribution in [3.63, 3.8) is 0 Å². The van der Waals surface area contributed by atoms with Crippen LogP contribution in [0.4, 0.5) is 5.69 Å². The number of para-hydroxylation sites is 2. The van der Waals surface area contributed by atoms with Crippen molar-refractivity contribution < 1.29 is 14.5 Å². The Labute approximate surface area is 126 Å². The highest BCUT2D eigenvalue weighted by Crippen LogP contribution is 2.25.